The van der Waals surface area contributed by atoms with Crippen molar-refractivity contribution in [2.75, 3.05) is 0 Å². The van der Waals surface area contributed by atoms with Crippen LogP contribution in [-0.4, -0.2) is 0 Å². The third-order valence-corrected chi connectivity index (χ3v) is 1.70. The van der Waals surface area contributed by atoms with Crippen LogP contribution in [0.4, 0.5) is 0 Å². The minimum atomic E-state index is 0. The Morgan fingerprint density at radius 3 is 2.13 bits per heavy atom. The maximum Gasteiger partial charge on any atom is -0.0227 e. The van der Waals surface area contributed by atoms with Gasteiger partial charge in [0.05, 0.1) is 0 Å². The van der Waals surface area contributed by atoms with Crippen molar-refractivity contribution in [1.29, 1.82) is 0 Å². The van der Waals surface area contributed by atoms with Crippen molar-refractivity contribution in [2.45, 2.75) is 21.3 Å². The zero-order valence-corrected chi connectivity index (χ0v) is 9.03. The predicted octanol–water partition coefficient (Wildman–Crippen LogP) is 5.00. The van der Waals surface area contributed by atoms with Gasteiger partial charge in [0.1, 0.15) is 0 Å². The van der Waals surface area contributed by atoms with Crippen LogP contribution in [0.25, 0.3) is 0 Å². The monoisotopic (exact) mass is 202 g/mol. The highest BCUT2D eigenvalue weighted by atomic mass is 14.0. The largest absolute Gasteiger partial charge is 0.0991 e. The molecule has 0 aromatic carbocycles. The van der Waals surface area contributed by atoms with Crippen molar-refractivity contribution in [2.24, 2.45) is 0 Å². The third kappa shape index (κ3) is 7.51. The highest BCUT2D eigenvalue weighted by molar-refractivity contribution is 5.42. The van der Waals surface area contributed by atoms with E-state index in [9.17, 15) is 0 Å². The van der Waals surface area contributed by atoms with Gasteiger partial charge in [0.2, 0.25) is 0 Å². The van der Waals surface area contributed by atoms with Crippen LogP contribution in [-0.2, 0) is 0 Å². The fraction of sp³-hybridized carbons (Fsp3) is 0.200. The van der Waals surface area contributed by atoms with Crippen LogP contribution in [0.15, 0.2) is 72.9 Å². The number of hydrogen-bond acceptors (Lipinski definition) is 0. The Morgan fingerprint density at radius 1 is 1.00 bits per heavy atom. The molecule has 0 rings (SSSR count). The Morgan fingerprint density at radius 2 is 1.67 bits per heavy atom. The first-order chi connectivity index (χ1) is 6.76. The van der Waals surface area contributed by atoms with E-state index in [0.717, 1.165) is 0 Å². The van der Waals surface area contributed by atoms with E-state index in [1.54, 1.807) is 12.2 Å². The van der Waals surface area contributed by atoms with Crippen molar-refractivity contribution in [3.05, 3.63) is 72.9 Å². The summed E-state index contributed by atoms with van der Waals surface area (Å²) in [5, 5.41) is 0. The first kappa shape index (κ1) is 15.9. The normalized spacial score (nSPS) is 12.9. The molecule has 0 aromatic heterocycles. The fourth-order valence-electron chi connectivity index (χ4n) is 0.963. The second-order valence-electron chi connectivity index (χ2n) is 2.83. The van der Waals surface area contributed by atoms with Gasteiger partial charge in [-0.15, -0.1) is 0 Å². The van der Waals surface area contributed by atoms with Crippen molar-refractivity contribution in [3.63, 3.8) is 0 Å². The molecule has 0 saturated carbocycles. The van der Waals surface area contributed by atoms with Crippen molar-refractivity contribution in [3.8, 4) is 0 Å². The molecule has 0 fully saturated rings. The van der Waals surface area contributed by atoms with Crippen LogP contribution in [0.2, 0.25) is 0 Å². The van der Waals surface area contributed by atoms with E-state index in [1.165, 1.54) is 11.1 Å². The molecule has 82 valence electrons. The Balaban J connectivity index is 0. The van der Waals surface area contributed by atoms with E-state index >= 15 is 0 Å². The molecule has 0 aliphatic carbocycles. The summed E-state index contributed by atoms with van der Waals surface area (Å²) in [4.78, 5) is 0. The van der Waals surface area contributed by atoms with Gasteiger partial charge >= 0.3 is 0 Å². The van der Waals surface area contributed by atoms with Gasteiger partial charge < -0.3 is 0 Å². The van der Waals surface area contributed by atoms with Crippen LogP contribution in [0.5, 0.6) is 0 Å². The molecule has 0 radical (unpaired) electrons. The lowest BCUT2D eigenvalue weighted by atomic mass is 10.1. The van der Waals surface area contributed by atoms with Gasteiger partial charge in [0.15, 0.2) is 0 Å². The maximum atomic E-state index is 3.68. The molecule has 0 amide bonds. The van der Waals surface area contributed by atoms with E-state index in [2.05, 4.69) is 26.2 Å². The Labute approximate surface area is 94.7 Å². The molecule has 0 saturated heterocycles. The summed E-state index contributed by atoms with van der Waals surface area (Å²) in [6.45, 7) is 11.4. The Kier molecular flexibility index (Phi) is 11.1. The lowest BCUT2D eigenvalue weighted by Gasteiger charge is -1.99. The van der Waals surface area contributed by atoms with Crippen LogP contribution >= 0.6 is 0 Å². The van der Waals surface area contributed by atoms with Crippen LogP contribution in [0, 0.1) is 0 Å². The molecular formula is C15H22. The molecule has 0 atom stereocenters. The average Bonchev–Trinajstić information content (AvgIpc) is 2.18. The molecule has 0 unspecified atom stereocenters. The number of rotatable bonds is 5. The van der Waals surface area contributed by atoms with E-state index in [1.807, 2.05) is 37.3 Å². The van der Waals surface area contributed by atoms with E-state index in [0.29, 0.717) is 0 Å². The van der Waals surface area contributed by atoms with Gasteiger partial charge in [-0.2, -0.15) is 0 Å². The van der Waals surface area contributed by atoms with Crippen molar-refractivity contribution in [1.82, 2.24) is 0 Å². The maximum absolute atomic E-state index is 3.68. The molecule has 15 heavy (non-hydrogen) atoms. The molecule has 0 aliphatic rings. The molecule has 0 heterocycles. The summed E-state index contributed by atoms with van der Waals surface area (Å²) in [5.74, 6) is 0. The van der Waals surface area contributed by atoms with Crippen molar-refractivity contribution < 1.29 is 0 Å². The first-order valence-corrected chi connectivity index (χ1v) is 4.68. The fourth-order valence-corrected chi connectivity index (χ4v) is 0.963. The summed E-state index contributed by atoms with van der Waals surface area (Å²) in [6.07, 6.45) is 15.6. The van der Waals surface area contributed by atoms with Gasteiger partial charge in [0, 0.05) is 0 Å². The van der Waals surface area contributed by atoms with Crippen LogP contribution in [0.1, 0.15) is 21.3 Å². The number of allylic oxidation sites excluding steroid dienone is 10. The first-order valence-electron chi connectivity index (χ1n) is 4.68. The van der Waals surface area contributed by atoms with Gasteiger partial charge in [-0.1, -0.05) is 69.2 Å². The Bertz CT molecular complexity index is 296. The standard InChI is InChI=1S/C14H18.CH4/c1-5-8-11-14(12-9-6-2)13(4)10-7-3;/h5-12H,1,3H2,2,4H3;1H4/b9-6-,11-8-,13-10-,14-12-;. The second-order valence-corrected chi connectivity index (χ2v) is 2.83. The zero-order chi connectivity index (χ0) is 10.8. The molecular weight excluding hydrogens is 180 g/mol. The predicted molar refractivity (Wildman–Crippen MR) is 72.9 cm³/mol. The molecule has 0 N–H and O–H groups in total. The van der Waals surface area contributed by atoms with E-state index in [-0.39, 0.29) is 7.43 Å². The van der Waals surface area contributed by atoms with Gasteiger partial charge in [-0.05, 0) is 25.0 Å². The molecule has 0 aliphatic heterocycles. The highest BCUT2D eigenvalue weighted by Gasteiger charge is 1.91. The van der Waals surface area contributed by atoms with Crippen LogP contribution in [0.3, 0.4) is 0 Å². The summed E-state index contributed by atoms with van der Waals surface area (Å²) < 4.78 is 0. The minimum Gasteiger partial charge on any atom is -0.0991 e. The third-order valence-electron chi connectivity index (χ3n) is 1.70. The summed E-state index contributed by atoms with van der Waals surface area (Å²) in [6, 6.07) is 0. The smallest absolute Gasteiger partial charge is 0.0227 e. The minimum absolute atomic E-state index is 0. The van der Waals surface area contributed by atoms with Crippen LogP contribution < -0.4 is 0 Å². The number of hydrogen-bond donors (Lipinski definition) is 0. The van der Waals surface area contributed by atoms with Gasteiger partial charge in [0.25, 0.3) is 0 Å². The summed E-state index contributed by atoms with van der Waals surface area (Å²) in [7, 11) is 0. The Hall–Kier alpha value is -1.56. The molecule has 0 spiro atoms. The van der Waals surface area contributed by atoms with Gasteiger partial charge in [-0.3, -0.25) is 0 Å². The van der Waals surface area contributed by atoms with Gasteiger partial charge in [-0.25, -0.2) is 0 Å². The highest BCUT2D eigenvalue weighted by Crippen LogP contribution is 2.11. The molecule has 0 nitrogen and oxygen atoms in total. The SMILES string of the molecule is C.C=C\C=C/C(=C/C=C\C)C(/C)=C\C=C. The zero-order valence-electron chi connectivity index (χ0n) is 9.03. The summed E-state index contributed by atoms with van der Waals surface area (Å²) >= 11 is 0. The van der Waals surface area contributed by atoms with Crippen molar-refractivity contribution >= 4 is 0 Å². The van der Waals surface area contributed by atoms with E-state index in [4.69, 9.17) is 0 Å². The second kappa shape index (κ2) is 10.5. The molecule has 0 aromatic rings. The molecule has 0 heteroatoms. The lowest BCUT2D eigenvalue weighted by Crippen LogP contribution is -1.79. The quantitative estimate of drug-likeness (QED) is 0.550. The lowest BCUT2D eigenvalue weighted by molar-refractivity contribution is 1.42. The van der Waals surface area contributed by atoms with E-state index < -0.39 is 0 Å². The molecule has 0 bridgehead atoms. The summed E-state index contributed by atoms with van der Waals surface area (Å²) in [5.41, 5.74) is 2.36. The topological polar surface area (TPSA) is 0 Å². The average molecular weight is 202 g/mol.